The molecule has 0 unspecified atom stereocenters. The van der Waals surface area contributed by atoms with Crippen LogP contribution in [0.1, 0.15) is 35.5 Å². The van der Waals surface area contributed by atoms with Crippen molar-refractivity contribution in [2.24, 2.45) is 0 Å². The lowest BCUT2D eigenvalue weighted by Crippen LogP contribution is -2.13. The zero-order valence-electron chi connectivity index (χ0n) is 17.9. The van der Waals surface area contributed by atoms with E-state index in [1.807, 2.05) is 44.2 Å². The molecular weight excluding hydrogens is 444 g/mol. The van der Waals surface area contributed by atoms with Crippen LogP contribution in [0.3, 0.4) is 0 Å². The molecule has 164 valence electrons. The van der Waals surface area contributed by atoms with E-state index >= 15 is 0 Å². The second-order valence-corrected chi connectivity index (χ2v) is 9.49. The fourth-order valence-corrected chi connectivity index (χ4v) is 5.35. The number of carbonyl (C=O) groups excluding carboxylic acids is 1. The number of rotatable bonds is 4. The van der Waals surface area contributed by atoms with Crippen LogP contribution in [0.5, 0.6) is 0 Å². The van der Waals surface area contributed by atoms with Gasteiger partial charge in [0.15, 0.2) is 0 Å². The van der Waals surface area contributed by atoms with E-state index in [4.69, 9.17) is 21.3 Å². The molecule has 1 N–H and O–H groups in total. The molecule has 0 atom stereocenters. The number of ether oxygens (including phenoxy) is 1. The topological polar surface area (TPSA) is 69.0 Å². The van der Waals surface area contributed by atoms with Crippen LogP contribution in [0.15, 0.2) is 36.4 Å². The lowest BCUT2D eigenvalue weighted by Gasteiger charge is -2.13. The highest BCUT2D eigenvalue weighted by molar-refractivity contribution is 7.19. The van der Waals surface area contributed by atoms with Crippen LogP contribution in [0.2, 0.25) is 5.02 Å². The van der Waals surface area contributed by atoms with Crippen molar-refractivity contribution in [3.05, 3.63) is 64.1 Å². The van der Waals surface area contributed by atoms with Gasteiger partial charge in [0.25, 0.3) is 0 Å². The average Bonchev–Trinajstić information content (AvgIpc) is 3.32. The normalized spacial score (nSPS) is 13.2. The Morgan fingerprint density at radius 3 is 2.91 bits per heavy atom. The number of hydrogen-bond donors (Lipinski definition) is 1. The third kappa shape index (κ3) is 4.10. The number of imidazole rings is 1. The predicted octanol–water partition coefficient (Wildman–Crippen LogP) is 6.52. The maximum Gasteiger partial charge on any atom is 0.412 e. The lowest BCUT2D eigenvalue weighted by atomic mass is 10.1. The summed E-state index contributed by atoms with van der Waals surface area (Å²) in [4.78, 5) is 21.8. The summed E-state index contributed by atoms with van der Waals surface area (Å²) in [5, 5.41) is 5.03. The van der Waals surface area contributed by atoms with Gasteiger partial charge in [-0.05, 0) is 62.1 Å². The van der Waals surface area contributed by atoms with Crippen molar-refractivity contribution in [1.82, 2.24) is 14.5 Å². The number of hydrogen-bond acceptors (Lipinski definition) is 5. The maximum absolute atomic E-state index is 12.4. The van der Waals surface area contributed by atoms with Crippen LogP contribution in [-0.4, -0.2) is 20.6 Å². The Hall–Kier alpha value is -2.90. The molecule has 6 nitrogen and oxygen atoms in total. The molecule has 0 saturated heterocycles. The zero-order valence-corrected chi connectivity index (χ0v) is 19.5. The van der Waals surface area contributed by atoms with E-state index in [-0.39, 0.29) is 6.61 Å². The highest BCUT2D eigenvalue weighted by Crippen LogP contribution is 2.34. The Balaban J connectivity index is 1.26. The Kier molecular flexibility index (Phi) is 5.61. The van der Waals surface area contributed by atoms with Crippen LogP contribution in [0.4, 0.5) is 9.80 Å². The Morgan fingerprint density at radius 2 is 2.06 bits per heavy atom. The van der Waals surface area contributed by atoms with Gasteiger partial charge in [-0.25, -0.2) is 14.8 Å². The minimum atomic E-state index is -0.500. The number of thiazole rings is 1. The Morgan fingerprint density at radius 1 is 1.19 bits per heavy atom. The Labute approximate surface area is 195 Å². The van der Waals surface area contributed by atoms with E-state index in [1.165, 1.54) is 24.2 Å². The number of amides is 1. The number of halogens is 1. The molecule has 2 aromatic heterocycles. The van der Waals surface area contributed by atoms with Crippen molar-refractivity contribution < 1.29 is 9.53 Å². The second kappa shape index (κ2) is 8.56. The molecule has 0 aliphatic carbocycles. The zero-order chi connectivity index (χ0) is 22.2. The van der Waals surface area contributed by atoms with Gasteiger partial charge in [-0.3, -0.25) is 5.32 Å². The van der Waals surface area contributed by atoms with Gasteiger partial charge in [0, 0.05) is 23.6 Å². The summed E-state index contributed by atoms with van der Waals surface area (Å²) in [6.07, 6.45) is 2.91. The quantitative estimate of drug-likeness (QED) is 0.372. The highest BCUT2D eigenvalue weighted by Gasteiger charge is 2.16. The molecule has 3 heterocycles. The number of anilines is 1. The van der Waals surface area contributed by atoms with Crippen molar-refractivity contribution in [2.45, 2.75) is 46.3 Å². The Bertz CT molecular complexity index is 1330. The lowest BCUT2D eigenvalue weighted by molar-refractivity contribution is 0.155. The van der Waals surface area contributed by atoms with Gasteiger partial charge in [-0.2, -0.15) is 0 Å². The van der Waals surface area contributed by atoms with Gasteiger partial charge in [-0.1, -0.05) is 35.1 Å². The van der Waals surface area contributed by atoms with Crippen LogP contribution in [0, 0.1) is 13.8 Å². The average molecular weight is 467 g/mol. The molecule has 8 heteroatoms. The van der Waals surface area contributed by atoms with Gasteiger partial charge in [0.05, 0.1) is 16.7 Å². The first-order valence-corrected chi connectivity index (χ1v) is 11.8. The number of aromatic nitrogens is 3. The fourth-order valence-electron chi connectivity index (χ4n) is 4.08. The molecule has 0 radical (unpaired) electrons. The summed E-state index contributed by atoms with van der Waals surface area (Å²) in [6, 6.07) is 11.8. The number of nitrogens with zero attached hydrogens (tertiary/aromatic N) is 3. The van der Waals surface area contributed by atoms with E-state index in [2.05, 4.69) is 20.9 Å². The number of nitrogens with one attached hydrogen (secondary N) is 1. The van der Waals surface area contributed by atoms with Gasteiger partial charge >= 0.3 is 6.09 Å². The highest BCUT2D eigenvalue weighted by atomic mass is 35.5. The molecule has 1 aliphatic heterocycles. The van der Waals surface area contributed by atoms with Crippen molar-refractivity contribution in [2.75, 3.05) is 5.32 Å². The number of benzene rings is 2. The van der Waals surface area contributed by atoms with E-state index in [0.29, 0.717) is 10.0 Å². The van der Waals surface area contributed by atoms with Crippen LogP contribution < -0.4 is 5.32 Å². The van der Waals surface area contributed by atoms with Crippen molar-refractivity contribution in [1.29, 1.82) is 0 Å². The van der Waals surface area contributed by atoms with Crippen molar-refractivity contribution >= 4 is 45.1 Å². The number of aryl methyl sites for hydroxylation is 4. The second-order valence-electron chi connectivity index (χ2n) is 8.05. The van der Waals surface area contributed by atoms with Gasteiger partial charge in [0.2, 0.25) is 0 Å². The monoisotopic (exact) mass is 466 g/mol. The van der Waals surface area contributed by atoms with Crippen LogP contribution in [0.25, 0.3) is 21.6 Å². The first-order chi connectivity index (χ1) is 15.5. The molecule has 0 saturated carbocycles. The number of fused-ring (bicyclic) bond motifs is 3. The smallest absolute Gasteiger partial charge is 0.412 e. The molecule has 2 aromatic carbocycles. The van der Waals surface area contributed by atoms with Gasteiger partial charge in [0.1, 0.15) is 22.4 Å². The van der Waals surface area contributed by atoms with E-state index in [0.717, 1.165) is 57.2 Å². The molecule has 1 amide bonds. The van der Waals surface area contributed by atoms with Crippen LogP contribution >= 0.6 is 22.9 Å². The predicted molar refractivity (Wildman–Crippen MR) is 129 cm³/mol. The molecule has 0 bridgehead atoms. The first kappa shape index (κ1) is 21.0. The van der Waals surface area contributed by atoms with E-state index < -0.39 is 6.09 Å². The summed E-state index contributed by atoms with van der Waals surface area (Å²) < 4.78 is 7.76. The fraction of sp³-hybridized carbons (Fsp3) is 0.292. The SMILES string of the molecule is Cc1cc(Cl)ccc1-c1nc(C)c(NC(=O)OCc2ccc3c(c2)nc2n3CCCC2)s1. The maximum atomic E-state index is 12.4. The van der Waals surface area contributed by atoms with Gasteiger partial charge < -0.3 is 9.30 Å². The minimum Gasteiger partial charge on any atom is -0.444 e. The van der Waals surface area contributed by atoms with Gasteiger partial charge in [-0.15, -0.1) is 0 Å². The van der Waals surface area contributed by atoms with Crippen molar-refractivity contribution in [3.8, 4) is 10.6 Å². The molecule has 32 heavy (non-hydrogen) atoms. The third-order valence-corrected chi connectivity index (χ3v) is 7.07. The molecule has 1 aliphatic rings. The molecule has 5 rings (SSSR count). The van der Waals surface area contributed by atoms with Crippen molar-refractivity contribution in [3.63, 3.8) is 0 Å². The summed E-state index contributed by atoms with van der Waals surface area (Å²) in [6.45, 7) is 5.07. The molecule has 4 aromatic rings. The summed E-state index contributed by atoms with van der Waals surface area (Å²) >= 11 is 7.48. The molecular formula is C24H23ClN4O2S. The largest absolute Gasteiger partial charge is 0.444 e. The summed E-state index contributed by atoms with van der Waals surface area (Å²) in [5.41, 5.74) is 5.82. The van der Waals surface area contributed by atoms with E-state index in [1.54, 1.807) is 0 Å². The standard InChI is InChI=1S/C24H23ClN4O2S/c1-14-11-17(25)7-8-18(14)23-26-15(2)22(32-23)28-24(30)31-13-16-6-9-20-19(12-16)27-21-5-3-4-10-29(20)21/h6-9,11-12H,3-5,10,13H2,1-2H3,(H,28,30). The summed E-state index contributed by atoms with van der Waals surface area (Å²) in [7, 11) is 0. The minimum absolute atomic E-state index is 0.185. The first-order valence-electron chi connectivity index (χ1n) is 10.6. The van der Waals surface area contributed by atoms with Crippen LogP contribution in [-0.2, 0) is 24.3 Å². The third-order valence-electron chi connectivity index (χ3n) is 5.72. The van der Waals surface area contributed by atoms with E-state index in [9.17, 15) is 4.79 Å². The molecule has 0 fully saturated rings. The number of carbonyl (C=O) groups is 1. The molecule has 0 spiro atoms. The summed E-state index contributed by atoms with van der Waals surface area (Å²) in [5.74, 6) is 1.15.